The molecule has 1 N–H and O–H groups in total. The lowest BCUT2D eigenvalue weighted by atomic mass is 9.81. The van der Waals surface area contributed by atoms with Crippen LogP contribution in [0.15, 0.2) is 36.9 Å². The molecule has 68 valence electrons. The van der Waals surface area contributed by atoms with Crippen molar-refractivity contribution >= 4 is 5.69 Å². The van der Waals surface area contributed by atoms with Gasteiger partial charge < -0.3 is 5.32 Å². The Morgan fingerprint density at radius 1 is 1.54 bits per heavy atom. The Labute approximate surface area is 79.5 Å². The van der Waals surface area contributed by atoms with Crippen molar-refractivity contribution < 1.29 is 0 Å². The summed E-state index contributed by atoms with van der Waals surface area (Å²) in [5.41, 5.74) is 2.96. The molecule has 0 amide bonds. The first-order valence-corrected chi connectivity index (χ1v) is 4.70. The van der Waals surface area contributed by atoms with Crippen LogP contribution in [0.5, 0.6) is 0 Å². The van der Waals surface area contributed by atoms with E-state index in [1.807, 2.05) is 6.08 Å². The first-order chi connectivity index (χ1) is 6.26. The average Bonchev–Trinajstić information content (AvgIpc) is 2.46. The molecule has 1 aromatic carbocycles. The van der Waals surface area contributed by atoms with E-state index in [0.29, 0.717) is 0 Å². The lowest BCUT2D eigenvalue weighted by Gasteiger charge is -2.21. The fourth-order valence-electron chi connectivity index (χ4n) is 2.05. The molecule has 0 aromatic heterocycles. The highest BCUT2D eigenvalue weighted by atomic mass is 14.9. The Bertz CT molecular complexity index is 330. The van der Waals surface area contributed by atoms with Crippen LogP contribution in [0, 0.1) is 0 Å². The van der Waals surface area contributed by atoms with Gasteiger partial charge in [0.25, 0.3) is 0 Å². The number of benzene rings is 1. The van der Waals surface area contributed by atoms with E-state index in [9.17, 15) is 0 Å². The molecule has 0 fully saturated rings. The molecule has 13 heavy (non-hydrogen) atoms. The third-order valence-electron chi connectivity index (χ3n) is 2.84. The molecule has 0 saturated heterocycles. The number of rotatable bonds is 2. The monoisotopic (exact) mass is 173 g/mol. The second-order valence-corrected chi connectivity index (χ2v) is 3.95. The maximum Gasteiger partial charge on any atom is 0.0379 e. The number of hydrogen-bond donors (Lipinski definition) is 1. The Balaban J connectivity index is 2.42. The van der Waals surface area contributed by atoms with Gasteiger partial charge in [0.15, 0.2) is 0 Å². The van der Waals surface area contributed by atoms with Crippen molar-refractivity contribution in [3.63, 3.8) is 0 Å². The largest absolute Gasteiger partial charge is 0.384 e. The molecule has 0 saturated carbocycles. The van der Waals surface area contributed by atoms with Crippen LogP contribution in [-0.2, 0) is 5.41 Å². The van der Waals surface area contributed by atoms with Gasteiger partial charge in [0.05, 0.1) is 0 Å². The molecule has 1 heteroatoms. The first kappa shape index (κ1) is 8.36. The molecule has 0 spiro atoms. The van der Waals surface area contributed by atoms with E-state index < -0.39 is 0 Å². The first-order valence-electron chi connectivity index (χ1n) is 4.70. The molecule has 1 nitrogen and oxygen atoms in total. The van der Waals surface area contributed by atoms with Crippen LogP contribution in [0.3, 0.4) is 0 Å². The second-order valence-electron chi connectivity index (χ2n) is 3.95. The van der Waals surface area contributed by atoms with E-state index in [-0.39, 0.29) is 5.41 Å². The third kappa shape index (κ3) is 1.24. The molecule has 2 rings (SSSR count). The van der Waals surface area contributed by atoms with E-state index in [1.165, 1.54) is 11.3 Å². The van der Waals surface area contributed by atoms with E-state index in [1.54, 1.807) is 0 Å². The van der Waals surface area contributed by atoms with Gasteiger partial charge in [-0.15, -0.1) is 6.58 Å². The summed E-state index contributed by atoms with van der Waals surface area (Å²) in [5.74, 6) is 0. The Kier molecular flexibility index (Phi) is 1.87. The zero-order chi connectivity index (χ0) is 9.31. The smallest absolute Gasteiger partial charge is 0.0379 e. The van der Waals surface area contributed by atoms with Crippen LogP contribution in [0.2, 0.25) is 0 Å². The lowest BCUT2D eigenvalue weighted by Crippen LogP contribution is -2.23. The maximum atomic E-state index is 3.81. The van der Waals surface area contributed by atoms with Crippen LogP contribution in [0.25, 0.3) is 0 Å². The summed E-state index contributed by atoms with van der Waals surface area (Å²) in [6, 6.07) is 8.53. The summed E-state index contributed by atoms with van der Waals surface area (Å²) in [6.45, 7) is 7.13. The van der Waals surface area contributed by atoms with Gasteiger partial charge in [-0.25, -0.2) is 0 Å². The molecule has 1 atom stereocenters. The van der Waals surface area contributed by atoms with E-state index in [0.717, 1.165) is 13.0 Å². The minimum atomic E-state index is 0.248. The normalized spacial score (nSPS) is 25.0. The summed E-state index contributed by atoms with van der Waals surface area (Å²) in [6.07, 6.45) is 3.04. The molecule has 0 aliphatic carbocycles. The number of fused-ring (bicyclic) bond motifs is 1. The van der Waals surface area contributed by atoms with Crippen LogP contribution < -0.4 is 5.32 Å². The average molecular weight is 173 g/mol. The van der Waals surface area contributed by atoms with Crippen molar-refractivity contribution in [1.29, 1.82) is 0 Å². The summed E-state index contributed by atoms with van der Waals surface area (Å²) in [5, 5.41) is 3.43. The highest BCUT2D eigenvalue weighted by Gasteiger charge is 2.32. The van der Waals surface area contributed by atoms with E-state index >= 15 is 0 Å². The molecular formula is C12H15N. The molecule has 1 aromatic rings. The van der Waals surface area contributed by atoms with Gasteiger partial charge in [-0.05, 0) is 18.1 Å². The van der Waals surface area contributed by atoms with Gasteiger partial charge in [-0.2, -0.15) is 0 Å². The van der Waals surface area contributed by atoms with Gasteiger partial charge in [-0.1, -0.05) is 31.2 Å². The second kappa shape index (κ2) is 2.91. The van der Waals surface area contributed by atoms with Gasteiger partial charge in [-0.3, -0.25) is 0 Å². The summed E-state index contributed by atoms with van der Waals surface area (Å²) < 4.78 is 0. The third-order valence-corrected chi connectivity index (χ3v) is 2.84. The fraction of sp³-hybridized carbons (Fsp3) is 0.333. The van der Waals surface area contributed by atoms with Crippen molar-refractivity contribution in [2.45, 2.75) is 18.8 Å². The molecule has 0 radical (unpaired) electrons. The summed E-state index contributed by atoms with van der Waals surface area (Å²) in [7, 11) is 0. The van der Waals surface area contributed by atoms with Gasteiger partial charge in [0.1, 0.15) is 0 Å². The van der Waals surface area contributed by atoms with Crippen molar-refractivity contribution in [3.8, 4) is 0 Å². The predicted molar refractivity (Wildman–Crippen MR) is 57.1 cm³/mol. The molecule has 1 heterocycles. The zero-order valence-corrected chi connectivity index (χ0v) is 8.01. The minimum Gasteiger partial charge on any atom is -0.384 e. The van der Waals surface area contributed by atoms with Crippen LogP contribution in [0.4, 0.5) is 5.69 Å². The van der Waals surface area contributed by atoms with Gasteiger partial charge >= 0.3 is 0 Å². The summed E-state index contributed by atoms with van der Waals surface area (Å²) >= 11 is 0. The van der Waals surface area contributed by atoms with Crippen molar-refractivity contribution in [2.75, 3.05) is 11.9 Å². The van der Waals surface area contributed by atoms with Crippen LogP contribution >= 0.6 is 0 Å². The number of hydrogen-bond acceptors (Lipinski definition) is 1. The van der Waals surface area contributed by atoms with Crippen molar-refractivity contribution in [3.05, 3.63) is 42.5 Å². The van der Waals surface area contributed by atoms with Crippen LogP contribution in [-0.4, -0.2) is 6.54 Å². The number of allylic oxidation sites excluding steroid dienone is 1. The van der Waals surface area contributed by atoms with Gasteiger partial charge in [0.2, 0.25) is 0 Å². The Morgan fingerprint density at radius 2 is 2.31 bits per heavy atom. The standard InChI is InChI=1S/C12H15N/c1-3-8-12(2)9-13-11-7-5-4-6-10(11)12/h3-7,13H,1,8-9H2,2H3. The summed E-state index contributed by atoms with van der Waals surface area (Å²) in [4.78, 5) is 0. The number of anilines is 1. The highest BCUT2D eigenvalue weighted by Crippen LogP contribution is 2.38. The zero-order valence-electron chi connectivity index (χ0n) is 8.01. The highest BCUT2D eigenvalue weighted by molar-refractivity contribution is 5.60. The molecule has 1 unspecified atom stereocenters. The molecular weight excluding hydrogens is 158 g/mol. The van der Waals surface area contributed by atoms with Crippen LogP contribution in [0.1, 0.15) is 18.9 Å². The maximum absolute atomic E-state index is 3.81. The molecule has 1 aliphatic heterocycles. The SMILES string of the molecule is C=CCC1(C)CNc2ccccc21. The Morgan fingerprint density at radius 3 is 3.08 bits per heavy atom. The topological polar surface area (TPSA) is 12.0 Å². The Hall–Kier alpha value is -1.24. The molecule has 1 aliphatic rings. The number of para-hydroxylation sites is 1. The van der Waals surface area contributed by atoms with Crippen molar-refractivity contribution in [1.82, 2.24) is 0 Å². The minimum absolute atomic E-state index is 0.248. The van der Waals surface area contributed by atoms with E-state index in [4.69, 9.17) is 0 Å². The molecule has 0 bridgehead atoms. The lowest BCUT2D eigenvalue weighted by molar-refractivity contribution is 0.532. The predicted octanol–water partition coefficient (Wildman–Crippen LogP) is 2.95. The van der Waals surface area contributed by atoms with Gasteiger partial charge in [0, 0.05) is 17.6 Å². The fourth-order valence-corrected chi connectivity index (χ4v) is 2.05. The quantitative estimate of drug-likeness (QED) is 0.678. The number of nitrogens with one attached hydrogen (secondary N) is 1. The van der Waals surface area contributed by atoms with E-state index in [2.05, 4.69) is 43.1 Å². The van der Waals surface area contributed by atoms with Crippen molar-refractivity contribution in [2.24, 2.45) is 0 Å².